The average Bonchev–Trinajstić information content (AvgIpc) is 2.76. The van der Waals surface area contributed by atoms with E-state index in [1.807, 2.05) is 25.1 Å². The number of benzene rings is 2. The van der Waals surface area contributed by atoms with Crippen LogP contribution in [0, 0.1) is 0 Å². The summed E-state index contributed by atoms with van der Waals surface area (Å²) in [6.45, 7) is 5.75. The zero-order valence-electron chi connectivity index (χ0n) is 16.6. The van der Waals surface area contributed by atoms with Crippen molar-refractivity contribution < 1.29 is 19.1 Å². The summed E-state index contributed by atoms with van der Waals surface area (Å²) < 4.78 is 11.2. The van der Waals surface area contributed by atoms with Crippen LogP contribution in [0.5, 0.6) is 5.75 Å². The van der Waals surface area contributed by atoms with Crippen LogP contribution >= 0.6 is 0 Å². The quantitative estimate of drug-likeness (QED) is 0.701. The SMILES string of the molecule is CCOc1ccc(NC(=O)C(=O)NCCN2CCOC(c3ccccc3)C2)cc1. The van der Waals surface area contributed by atoms with Crippen molar-refractivity contribution in [1.82, 2.24) is 10.2 Å². The van der Waals surface area contributed by atoms with Crippen LogP contribution in [0.3, 0.4) is 0 Å². The summed E-state index contributed by atoms with van der Waals surface area (Å²) in [6, 6.07) is 17.0. The van der Waals surface area contributed by atoms with Crippen LogP contribution in [0.1, 0.15) is 18.6 Å². The molecule has 2 amide bonds. The molecule has 1 heterocycles. The minimum absolute atomic E-state index is 0.0311. The lowest BCUT2D eigenvalue weighted by Gasteiger charge is -2.33. The molecule has 1 aliphatic heterocycles. The van der Waals surface area contributed by atoms with Crippen LogP contribution in [-0.2, 0) is 14.3 Å². The maximum Gasteiger partial charge on any atom is 0.313 e. The fourth-order valence-electron chi connectivity index (χ4n) is 3.17. The van der Waals surface area contributed by atoms with Gasteiger partial charge in [-0.3, -0.25) is 14.5 Å². The zero-order chi connectivity index (χ0) is 20.5. The normalized spacial score (nSPS) is 16.8. The van der Waals surface area contributed by atoms with Crippen LogP contribution in [0.4, 0.5) is 5.69 Å². The van der Waals surface area contributed by atoms with Crippen molar-refractivity contribution in [2.75, 3.05) is 44.7 Å². The van der Waals surface area contributed by atoms with Gasteiger partial charge in [0.15, 0.2) is 0 Å². The Morgan fingerprint density at radius 3 is 2.59 bits per heavy atom. The Labute approximate surface area is 171 Å². The molecule has 0 aromatic heterocycles. The summed E-state index contributed by atoms with van der Waals surface area (Å²) in [7, 11) is 0. The Hall–Kier alpha value is -2.90. The molecule has 7 nitrogen and oxygen atoms in total. The maximum atomic E-state index is 12.1. The van der Waals surface area contributed by atoms with Crippen molar-refractivity contribution in [3.8, 4) is 5.75 Å². The second kappa shape index (κ2) is 10.6. The van der Waals surface area contributed by atoms with Gasteiger partial charge in [0.25, 0.3) is 0 Å². The number of amides is 2. The van der Waals surface area contributed by atoms with E-state index in [0.29, 0.717) is 37.7 Å². The smallest absolute Gasteiger partial charge is 0.313 e. The van der Waals surface area contributed by atoms with Crippen LogP contribution in [0.25, 0.3) is 0 Å². The lowest BCUT2D eigenvalue weighted by Crippen LogP contribution is -2.44. The molecule has 0 spiro atoms. The van der Waals surface area contributed by atoms with E-state index >= 15 is 0 Å². The highest BCUT2D eigenvalue weighted by atomic mass is 16.5. The summed E-state index contributed by atoms with van der Waals surface area (Å²) in [6.07, 6.45) is 0.0311. The van der Waals surface area contributed by atoms with Gasteiger partial charge in [-0.2, -0.15) is 0 Å². The number of rotatable bonds is 7. The number of carbonyl (C=O) groups is 2. The van der Waals surface area contributed by atoms with Crippen LogP contribution < -0.4 is 15.4 Å². The minimum atomic E-state index is -0.682. The molecule has 2 aromatic carbocycles. The molecular weight excluding hydrogens is 370 g/mol. The molecule has 3 rings (SSSR count). The Morgan fingerprint density at radius 2 is 1.86 bits per heavy atom. The number of ether oxygens (including phenoxy) is 2. The number of morpholine rings is 1. The second-order valence-electron chi connectivity index (χ2n) is 6.74. The highest BCUT2D eigenvalue weighted by Crippen LogP contribution is 2.21. The van der Waals surface area contributed by atoms with Gasteiger partial charge in [0, 0.05) is 31.9 Å². The first-order chi connectivity index (χ1) is 14.2. The van der Waals surface area contributed by atoms with Gasteiger partial charge in [0.2, 0.25) is 0 Å². The Morgan fingerprint density at radius 1 is 1.10 bits per heavy atom. The molecule has 1 fully saturated rings. The van der Waals surface area contributed by atoms with Crippen molar-refractivity contribution >= 4 is 17.5 Å². The number of hydrogen-bond acceptors (Lipinski definition) is 5. The van der Waals surface area contributed by atoms with Gasteiger partial charge in [-0.1, -0.05) is 30.3 Å². The first-order valence-corrected chi connectivity index (χ1v) is 9.86. The van der Waals surface area contributed by atoms with Crippen LogP contribution in [0.15, 0.2) is 54.6 Å². The van der Waals surface area contributed by atoms with Gasteiger partial charge >= 0.3 is 11.8 Å². The average molecular weight is 397 g/mol. The molecule has 0 saturated carbocycles. The van der Waals surface area contributed by atoms with E-state index in [0.717, 1.165) is 18.7 Å². The van der Waals surface area contributed by atoms with Gasteiger partial charge < -0.3 is 20.1 Å². The van der Waals surface area contributed by atoms with E-state index < -0.39 is 11.8 Å². The summed E-state index contributed by atoms with van der Waals surface area (Å²) >= 11 is 0. The molecule has 1 aliphatic rings. The molecule has 0 aliphatic carbocycles. The largest absolute Gasteiger partial charge is 0.494 e. The third-order valence-corrected chi connectivity index (χ3v) is 4.66. The number of hydrogen-bond donors (Lipinski definition) is 2. The van der Waals surface area contributed by atoms with E-state index in [9.17, 15) is 9.59 Å². The van der Waals surface area contributed by atoms with Gasteiger partial charge in [0.1, 0.15) is 5.75 Å². The fourth-order valence-corrected chi connectivity index (χ4v) is 3.17. The fraction of sp³-hybridized carbons (Fsp3) is 0.364. The molecule has 7 heteroatoms. The van der Waals surface area contributed by atoms with Crippen molar-refractivity contribution in [3.63, 3.8) is 0 Å². The van der Waals surface area contributed by atoms with Crippen molar-refractivity contribution in [2.45, 2.75) is 13.0 Å². The number of nitrogens with one attached hydrogen (secondary N) is 2. The third-order valence-electron chi connectivity index (χ3n) is 4.66. The highest BCUT2D eigenvalue weighted by Gasteiger charge is 2.22. The second-order valence-corrected chi connectivity index (χ2v) is 6.74. The molecule has 2 N–H and O–H groups in total. The molecule has 2 aromatic rings. The molecule has 154 valence electrons. The highest BCUT2D eigenvalue weighted by molar-refractivity contribution is 6.39. The van der Waals surface area contributed by atoms with Gasteiger partial charge in [-0.05, 0) is 36.8 Å². The molecule has 0 radical (unpaired) electrons. The Kier molecular flexibility index (Phi) is 7.61. The molecule has 1 saturated heterocycles. The first-order valence-electron chi connectivity index (χ1n) is 9.86. The predicted molar refractivity (Wildman–Crippen MR) is 111 cm³/mol. The Bertz CT molecular complexity index is 795. The standard InChI is InChI=1S/C22H27N3O4/c1-2-28-19-10-8-18(9-11-19)24-22(27)21(26)23-12-13-25-14-15-29-20(16-25)17-6-4-3-5-7-17/h3-11,20H,2,12-16H2,1H3,(H,23,26)(H,24,27). The summed E-state index contributed by atoms with van der Waals surface area (Å²) in [4.78, 5) is 26.3. The molecule has 1 atom stereocenters. The zero-order valence-corrected chi connectivity index (χ0v) is 16.6. The monoisotopic (exact) mass is 397 g/mol. The van der Waals surface area contributed by atoms with Gasteiger partial charge in [-0.15, -0.1) is 0 Å². The van der Waals surface area contributed by atoms with E-state index in [1.165, 1.54) is 0 Å². The minimum Gasteiger partial charge on any atom is -0.494 e. The van der Waals surface area contributed by atoms with Gasteiger partial charge in [-0.25, -0.2) is 0 Å². The summed E-state index contributed by atoms with van der Waals surface area (Å²) in [5.41, 5.74) is 1.70. The van der Waals surface area contributed by atoms with Crippen molar-refractivity contribution in [1.29, 1.82) is 0 Å². The Balaban J connectivity index is 1.40. The van der Waals surface area contributed by atoms with E-state index in [4.69, 9.17) is 9.47 Å². The lowest BCUT2D eigenvalue weighted by atomic mass is 10.1. The van der Waals surface area contributed by atoms with E-state index in [1.54, 1.807) is 24.3 Å². The molecule has 1 unspecified atom stereocenters. The first kappa shape index (κ1) is 20.8. The van der Waals surface area contributed by atoms with Crippen molar-refractivity contribution in [2.24, 2.45) is 0 Å². The number of nitrogens with zero attached hydrogens (tertiary/aromatic N) is 1. The predicted octanol–water partition coefficient (Wildman–Crippen LogP) is 2.21. The van der Waals surface area contributed by atoms with E-state index in [-0.39, 0.29) is 6.10 Å². The van der Waals surface area contributed by atoms with Crippen LogP contribution in [-0.4, -0.2) is 56.1 Å². The van der Waals surface area contributed by atoms with E-state index in [2.05, 4.69) is 27.7 Å². The number of carbonyl (C=O) groups excluding carboxylic acids is 2. The molecule has 0 bridgehead atoms. The lowest BCUT2D eigenvalue weighted by molar-refractivity contribution is -0.136. The van der Waals surface area contributed by atoms with Crippen LogP contribution in [0.2, 0.25) is 0 Å². The summed E-state index contributed by atoms with van der Waals surface area (Å²) in [5, 5.41) is 5.27. The molecular formula is C22H27N3O4. The number of anilines is 1. The topological polar surface area (TPSA) is 79.9 Å². The molecule has 29 heavy (non-hydrogen) atoms. The van der Waals surface area contributed by atoms with Gasteiger partial charge in [0.05, 0.1) is 19.3 Å². The van der Waals surface area contributed by atoms with Crippen molar-refractivity contribution in [3.05, 3.63) is 60.2 Å². The summed E-state index contributed by atoms with van der Waals surface area (Å²) in [5.74, 6) is -0.612. The third kappa shape index (κ3) is 6.30. The maximum absolute atomic E-state index is 12.1.